The van der Waals surface area contributed by atoms with Crippen molar-refractivity contribution in [3.8, 4) is 0 Å². The first-order valence-corrected chi connectivity index (χ1v) is 6.64. The molecule has 1 heterocycles. The summed E-state index contributed by atoms with van der Waals surface area (Å²) in [6.45, 7) is 2.89. The molecule has 0 bridgehead atoms. The molecule has 1 aliphatic rings. The first-order valence-electron chi connectivity index (χ1n) is 6.64. The fourth-order valence-corrected chi connectivity index (χ4v) is 3.19. The largest absolute Gasteiger partial charge is 0.481 e. The van der Waals surface area contributed by atoms with Gasteiger partial charge in [0.15, 0.2) is 0 Å². The molecule has 1 aromatic carbocycles. The highest BCUT2D eigenvalue weighted by atomic mass is 19.1. The minimum absolute atomic E-state index is 0.263. The lowest BCUT2D eigenvalue weighted by atomic mass is 9.86. The number of carboxylic acid groups (broad SMARTS) is 1. The van der Waals surface area contributed by atoms with Gasteiger partial charge in [0.1, 0.15) is 5.82 Å². The highest BCUT2D eigenvalue weighted by Crippen LogP contribution is 2.34. The van der Waals surface area contributed by atoms with Crippen LogP contribution >= 0.6 is 0 Å². The van der Waals surface area contributed by atoms with E-state index in [-0.39, 0.29) is 11.7 Å². The Hall–Kier alpha value is -1.84. The maximum absolute atomic E-state index is 13.4. The standard InChI is InChI=1S/C15H16FNO2/c1-2-17-13-5-3-9(15(18)19)7-11(13)12-8-10(16)4-6-14(12)17/h4,6,8-9H,2-3,5,7H2,1H3,(H,18,19). The van der Waals surface area contributed by atoms with Crippen LogP contribution in [0.4, 0.5) is 4.39 Å². The SMILES string of the molecule is CCn1c2c(c3cc(F)ccc31)CC(C(=O)O)CC2. The lowest BCUT2D eigenvalue weighted by Crippen LogP contribution is -2.22. The first kappa shape index (κ1) is 12.2. The van der Waals surface area contributed by atoms with Gasteiger partial charge in [-0.2, -0.15) is 0 Å². The van der Waals surface area contributed by atoms with Crippen LogP contribution in [0.2, 0.25) is 0 Å². The van der Waals surface area contributed by atoms with E-state index in [1.807, 2.05) is 0 Å². The number of aryl methyl sites for hydroxylation is 1. The smallest absolute Gasteiger partial charge is 0.306 e. The van der Waals surface area contributed by atoms with Crippen molar-refractivity contribution in [1.29, 1.82) is 0 Å². The van der Waals surface area contributed by atoms with Crippen molar-refractivity contribution >= 4 is 16.9 Å². The van der Waals surface area contributed by atoms with Crippen molar-refractivity contribution < 1.29 is 14.3 Å². The number of hydrogen-bond acceptors (Lipinski definition) is 1. The molecule has 2 aromatic rings. The zero-order chi connectivity index (χ0) is 13.6. The van der Waals surface area contributed by atoms with Crippen molar-refractivity contribution in [3.05, 3.63) is 35.3 Å². The van der Waals surface area contributed by atoms with Crippen LogP contribution in [0.5, 0.6) is 0 Å². The Morgan fingerprint density at radius 2 is 2.32 bits per heavy atom. The van der Waals surface area contributed by atoms with Crippen molar-refractivity contribution in [3.63, 3.8) is 0 Å². The Morgan fingerprint density at radius 1 is 1.53 bits per heavy atom. The van der Waals surface area contributed by atoms with E-state index in [1.165, 1.54) is 17.8 Å². The van der Waals surface area contributed by atoms with Crippen molar-refractivity contribution in [2.75, 3.05) is 0 Å². The van der Waals surface area contributed by atoms with Crippen LogP contribution in [0.1, 0.15) is 24.6 Å². The monoisotopic (exact) mass is 261 g/mol. The van der Waals surface area contributed by atoms with Crippen LogP contribution in [0.25, 0.3) is 10.9 Å². The van der Waals surface area contributed by atoms with E-state index in [4.69, 9.17) is 0 Å². The van der Waals surface area contributed by atoms with Gasteiger partial charge in [-0.3, -0.25) is 4.79 Å². The van der Waals surface area contributed by atoms with E-state index < -0.39 is 5.97 Å². The number of aliphatic carboxylic acids is 1. The fourth-order valence-electron chi connectivity index (χ4n) is 3.19. The van der Waals surface area contributed by atoms with Crippen molar-refractivity contribution in [2.24, 2.45) is 5.92 Å². The number of carbonyl (C=O) groups is 1. The average molecular weight is 261 g/mol. The molecule has 3 nitrogen and oxygen atoms in total. The molecule has 0 fully saturated rings. The quantitative estimate of drug-likeness (QED) is 0.903. The second-order valence-corrected chi connectivity index (χ2v) is 5.11. The highest BCUT2D eigenvalue weighted by Gasteiger charge is 2.28. The molecule has 1 aliphatic carbocycles. The molecular formula is C15H16FNO2. The fraction of sp³-hybridized carbons (Fsp3) is 0.400. The molecule has 4 heteroatoms. The summed E-state index contributed by atoms with van der Waals surface area (Å²) in [5.41, 5.74) is 3.22. The third-order valence-electron chi connectivity index (χ3n) is 4.09. The molecule has 1 unspecified atom stereocenters. The van der Waals surface area contributed by atoms with Crippen LogP contribution in [0.15, 0.2) is 18.2 Å². The number of nitrogens with zero attached hydrogens (tertiary/aromatic N) is 1. The Morgan fingerprint density at radius 3 is 3.00 bits per heavy atom. The maximum Gasteiger partial charge on any atom is 0.306 e. The van der Waals surface area contributed by atoms with Crippen LogP contribution in [-0.4, -0.2) is 15.6 Å². The van der Waals surface area contributed by atoms with Gasteiger partial charge in [0.05, 0.1) is 5.92 Å². The molecule has 100 valence electrons. The van der Waals surface area contributed by atoms with Gasteiger partial charge in [-0.15, -0.1) is 0 Å². The number of halogens is 1. The lowest BCUT2D eigenvalue weighted by molar-refractivity contribution is -0.142. The Bertz CT molecular complexity index is 660. The van der Waals surface area contributed by atoms with E-state index in [0.29, 0.717) is 12.8 Å². The summed E-state index contributed by atoms with van der Waals surface area (Å²) in [7, 11) is 0. The number of hydrogen-bond donors (Lipinski definition) is 1. The molecule has 0 aliphatic heterocycles. The third kappa shape index (κ3) is 1.82. The van der Waals surface area contributed by atoms with Crippen LogP contribution in [-0.2, 0) is 24.2 Å². The summed E-state index contributed by atoms with van der Waals surface area (Å²) in [5.74, 6) is -1.35. The molecule has 0 spiro atoms. The van der Waals surface area contributed by atoms with Gasteiger partial charge in [0.2, 0.25) is 0 Å². The number of fused-ring (bicyclic) bond motifs is 3. The number of carboxylic acids is 1. The van der Waals surface area contributed by atoms with Gasteiger partial charge in [0, 0.05) is 23.1 Å². The molecule has 0 radical (unpaired) electrons. The second-order valence-electron chi connectivity index (χ2n) is 5.11. The van der Waals surface area contributed by atoms with Crippen molar-refractivity contribution in [2.45, 2.75) is 32.7 Å². The Kier molecular flexibility index (Phi) is 2.81. The van der Waals surface area contributed by atoms with Gasteiger partial charge < -0.3 is 9.67 Å². The van der Waals surface area contributed by atoms with Crippen LogP contribution < -0.4 is 0 Å². The van der Waals surface area contributed by atoms with E-state index in [9.17, 15) is 14.3 Å². The van der Waals surface area contributed by atoms with E-state index in [2.05, 4.69) is 11.5 Å². The summed E-state index contributed by atoms with van der Waals surface area (Å²) in [4.78, 5) is 11.2. The van der Waals surface area contributed by atoms with Gasteiger partial charge in [-0.1, -0.05) is 0 Å². The topological polar surface area (TPSA) is 42.2 Å². The van der Waals surface area contributed by atoms with Gasteiger partial charge in [0.25, 0.3) is 0 Å². The molecule has 19 heavy (non-hydrogen) atoms. The second kappa shape index (κ2) is 4.37. The number of aromatic nitrogens is 1. The molecule has 1 atom stereocenters. The van der Waals surface area contributed by atoms with Crippen molar-refractivity contribution in [1.82, 2.24) is 4.57 Å². The molecule has 3 rings (SSSR count). The molecule has 1 aromatic heterocycles. The molecule has 0 saturated heterocycles. The summed E-state index contributed by atoms with van der Waals surface area (Å²) in [5, 5.41) is 10.1. The number of rotatable bonds is 2. The van der Waals surface area contributed by atoms with E-state index in [0.717, 1.165) is 29.4 Å². The normalized spacial score (nSPS) is 18.5. The van der Waals surface area contributed by atoms with E-state index >= 15 is 0 Å². The molecule has 1 N–H and O–H groups in total. The minimum atomic E-state index is -0.751. The zero-order valence-electron chi connectivity index (χ0n) is 10.8. The molecule has 0 saturated carbocycles. The average Bonchev–Trinajstić information content (AvgIpc) is 2.71. The zero-order valence-corrected chi connectivity index (χ0v) is 10.8. The predicted molar refractivity (Wildman–Crippen MR) is 70.7 cm³/mol. The Balaban J connectivity index is 2.22. The van der Waals surface area contributed by atoms with Gasteiger partial charge in [-0.25, -0.2) is 4.39 Å². The van der Waals surface area contributed by atoms with Crippen LogP contribution in [0.3, 0.4) is 0 Å². The minimum Gasteiger partial charge on any atom is -0.481 e. The molecule has 0 amide bonds. The van der Waals surface area contributed by atoms with Gasteiger partial charge >= 0.3 is 5.97 Å². The van der Waals surface area contributed by atoms with E-state index in [1.54, 1.807) is 6.07 Å². The van der Waals surface area contributed by atoms with Gasteiger partial charge in [-0.05, 0) is 49.9 Å². The third-order valence-corrected chi connectivity index (χ3v) is 4.09. The predicted octanol–water partition coefficient (Wildman–Crippen LogP) is 2.99. The summed E-state index contributed by atoms with van der Waals surface area (Å²) in [6, 6.07) is 4.79. The summed E-state index contributed by atoms with van der Waals surface area (Å²) in [6.07, 6.45) is 1.94. The highest BCUT2D eigenvalue weighted by molar-refractivity contribution is 5.87. The Labute approximate surface area is 110 Å². The summed E-state index contributed by atoms with van der Waals surface area (Å²) < 4.78 is 15.6. The van der Waals surface area contributed by atoms with Crippen LogP contribution in [0, 0.1) is 11.7 Å². The molecular weight excluding hydrogens is 245 g/mol. The maximum atomic E-state index is 13.4. The summed E-state index contributed by atoms with van der Waals surface area (Å²) >= 11 is 0. The first-order chi connectivity index (χ1) is 9.11. The lowest BCUT2D eigenvalue weighted by Gasteiger charge is -2.20. The number of benzene rings is 1.